The fourth-order valence-electron chi connectivity index (χ4n) is 12.8. The van der Waals surface area contributed by atoms with Gasteiger partial charge in [-0.25, -0.2) is 0 Å². The summed E-state index contributed by atoms with van der Waals surface area (Å²) in [6.07, 6.45) is 8.70. The number of allylic oxidation sites excluding steroid dienone is 1. The van der Waals surface area contributed by atoms with Crippen molar-refractivity contribution < 1.29 is 19.4 Å². The van der Waals surface area contributed by atoms with E-state index in [1.54, 1.807) is 4.80 Å². The highest BCUT2D eigenvalue weighted by molar-refractivity contribution is 5.73. The number of fused-ring (bicyclic) bond motifs is 3. The van der Waals surface area contributed by atoms with Crippen LogP contribution in [0.3, 0.4) is 0 Å². The normalized spacial score (nSPS) is 44.3. The summed E-state index contributed by atoms with van der Waals surface area (Å²) in [7, 11) is 0. The van der Waals surface area contributed by atoms with Gasteiger partial charge in [0.05, 0.1) is 31.8 Å². The maximum atomic E-state index is 13.4. The number of hydrogen-bond acceptors (Lipinski definition) is 8. The van der Waals surface area contributed by atoms with Crippen LogP contribution in [-0.2, 0) is 14.3 Å². The van der Waals surface area contributed by atoms with E-state index in [4.69, 9.17) is 20.9 Å². The van der Waals surface area contributed by atoms with Gasteiger partial charge in [-0.2, -0.15) is 4.80 Å². The quantitative estimate of drug-likeness (QED) is 0.249. The van der Waals surface area contributed by atoms with Crippen LogP contribution in [0.4, 0.5) is 5.95 Å². The lowest BCUT2D eigenvalue weighted by atomic mass is 9.34. The molecule has 1 aromatic heterocycles. The van der Waals surface area contributed by atoms with Crippen molar-refractivity contribution >= 4 is 11.9 Å². The summed E-state index contributed by atoms with van der Waals surface area (Å²) in [5, 5.41) is 24.2. The zero-order chi connectivity index (χ0) is 35.2. The van der Waals surface area contributed by atoms with E-state index in [0.29, 0.717) is 43.5 Å². The minimum absolute atomic E-state index is 0.152. The molecule has 1 aromatic rings. The van der Waals surface area contributed by atoms with Crippen LogP contribution in [0.2, 0.25) is 0 Å². The van der Waals surface area contributed by atoms with Gasteiger partial charge in [0.25, 0.3) is 5.95 Å². The number of carboxylic acid groups (broad SMARTS) is 1. The van der Waals surface area contributed by atoms with E-state index in [9.17, 15) is 9.90 Å². The number of anilines is 1. The Balaban J connectivity index is 1.43. The zero-order valence-electron chi connectivity index (χ0n) is 31.4. The van der Waals surface area contributed by atoms with Crippen molar-refractivity contribution in [2.45, 2.75) is 132 Å². The summed E-state index contributed by atoms with van der Waals surface area (Å²) < 4.78 is 13.6. The van der Waals surface area contributed by atoms with Crippen LogP contribution in [-0.4, -0.2) is 62.7 Å². The summed E-state index contributed by atoms with van der Waals surface area (Å²) in [4.78, 5) is 15.1. The number of ether oxygens (including phenoxy) is 2. The van der Waals surface area contributed by atoms with E-state index in [1.165, 1.54) is 5.57 Å². The van der Waals surface area contributed by atoms with Gasteiger partial charge in [-0.15, -0.1) is 5.10 Å². The van der Waals surface area contributed by atoms with Gasteiger partial charge < -0.3 is 26.0 Å². The molecule has 0 radical (unpaired) electrons. The van der Waals surface area contributed by atoms with Crippen molar-refractivity contribution in [1.82, 2.24) is 20.2 Å². The monoisotopic (exact) mass is 668 g/mol. The summed E-state index contributed by atoms with van der Waals surface area (Å²) in [5.74, 6) is 0.913. The van der Waals surface area contributed by atoms with Gasteiger partial charge in [0, 0.05) is 16.4 Å². The molecule has 270 valence electrons. The smallest absolute Gasteiger partial charge is 0.307 e. The van der Waals surface area contributed by atoms with Crippen molar-refractivity contribution in [3.05, 3.63) is 11.6 Å². The summed E-state index contributed by atoms with van der Waals surface area (Å²) in [6.45, 7) is 24.3. The van der Waals surface area contributed by atoms with Gasteiger partial charge in [0.15, 0.2) is 0 Å². The molecule has 4 fully saturated rings. The second-order valence-electron chi connectivity index (χ2n) is 19.1. The van der Waals surface area contributed by atoms with Crippen molar-refractivity contribution in [3.63, 3.8) is 0 Å². The van der Waals surface area contributed by atoms with E-state index in [1.807, 2.05) is 0 Å². The van der Waals surface area contributed by atoms with Crippen molar-refractivity contribution in [1.29, 1.82) is 0 Å². The molecule has 2 heterocycles. The minimum Gasteiger partial charge on any atom is -0.481 e. The van der Waals surface area contributed by atoms with Crippen LogP contribution in [0.15, 0.2) is 11.6 Å². The zero-order valence-corrected chi connectivity index (χ0v) is 31.4. The van der Waals surface area contributed by atoms with Crippen LogP contribution in [0, 0.1) is 62.6 Å². The van der Waals surface area contributed by atoms with E-state index in [2.05, 4.69) is 90.7 Å². The number of aliphatic carboxylic acids is 1. The third kappa shape index (κ3) is 5.11. The van der Waals surface area contributed by atoms with E-state index < -0.39 is 17.4 Å². The highest BCUT2D eigenvalue weighted by Gasteiger charge is 2.72. The number of nitrogen functional groups attached to an aromatic ring is 1. The predicted octanol–water partition coefficient (Wildman–Crippen LogP) is 6.53. The van der Waals surface area contributed by atoms with Gasteiger partial charge in [0.1, 0.15) is 6.04 Å². The Labute approximate surface area is 288 Å². The van der Waals surface area contributed by atoms with Gasteiger partial charge in [-0.3, -0.25) is 4.79 Å². The molecule has 0 spiro atoms. The third-order valence-corrected chi connectivity index (χ3v) is 15.3. The number of tetrazole rings is 1. The molecule has 10 nitrogen and oxygen atoms in total. The molecule has 0 aromatic carbocycles. The molecule has 4 aliphatic carbocycles. The molecular formula is C38H64N6O4. The molecule has 12 atom stereocenters. The minimum atomic E-state index is -0.632. The van der Waals surface area contributed by atoms with Crippen molar-refractivity contribution in [2.75, 3.05) is 25.6 Å². The molecule has 5 aliphatic rings. The van der Waals surface area contributed by atoms with Crippen LogP contribution >= 0.6 is 0 Å². The summed E-state index contributed by atoms with van der Waals surface area (Å²) in [6, 6.07) is -0.191. The molecule has 0 unspecified atom stereocenters. The fraction of sp³-hybridized carbons (Fsp3) is 0.895. The molecule has 2 bridgehead atoms. The van der Waals surface area contributed by atoms with Gasteiger partial charge in [0.2, 0.25) is 0 Å². The Hall–Kier alpha value is -2.04. The average molecular weight is 669 g/mol. The fourth-order valence-corrected chi connectivity index (χ4v) is 12.8. The second kappa shape index (κ2) is 11.8. The van der Waals surface area contributed by atoms with Crippen LogP contribution in [0.25, 0.3) is 0 Å². The lowest BCUT2D eigenvalue weighted by Gasteiger charge is -2.71. The maximum Gasteiger partial charge on any atom is 0.307 e. The molecular weight excluding hydrogens is 604 g/mol. The Kier molecular flexibility index (Phi) is 8.76. The Bertz CT molecular complexity index is 1430. The Morgan fingerprint density at radius 2 is 1.83 bits per heavy atom. The molecule has 1 aliphatic heterocycles. The SMILES string of the molecule is CC(C)C[C@@](C)(N)CO[C@H]1[C@H](n2nnc(N)n2)C[C@@]23COC[C@]1(C)[C@@H]2CC[C@H]1C3=CC[C@@]2(C)[C@H](C(=O)O)[C@@](C)([C@H](C)C(C)C)CC[C@]12C. The van der Waals surface area contributed by atoms with Crippen LogP contribution < -0.4 is 11.5 Å². The number of aromatic nitrogens is 4. The summed E-state index contributed by atoms with van der Waals surface area (Å²) in [5.41, 5.74) is 12.6. The van der Waals surface area contributed by atoms with Gasteiger partial charge >= 0.3 is 5.97 Å². The average Bonchev–Trinajstić information content (AvgIpc) is 3.41. The highest BCUT2D eigenvalue weighted by Crippen LogP contribution is 2.75. The number of nitrogens with two attached hydrogens (primary N) is 2. The first-order valence-corrected chi connectivity index (χ1v) is 18.7. The first kappa shape index (κ1) is 35.8. The van der Waals surface area contributed by atoms with Crippen LogP contribution in [0.5, 0.6) is 0 Å². The lowest BCUT2D eigenvalue weighted by Crippen LogP contribution is -2.69. The first-order chi connectivity index (χ1) is 22.3. The van der Waals surface area contributed by atoms with Crippen molar-refractivity contribution in [3.8, 4) is 0 Å². The second-order valence-corrected chi connectivity index (χ2v) is 19.1. The predicted molar refractivity (Wildman–Crippen MR) is 187 cm³/mol. The number of hydrogen-bond donors (Lipinski definition) is 3. The lowest BCUT2D eigenvalue weighted by molar-refractivity contribution is -0.253. The number of carbonyl (C=O) groups is 1. The molecule has 3 saturated carbocycles. The number of carboxylic acids is 1. The molecule has 10 heteroatoms. The molecule has 5 N–H and O–H groups in total. The third-order valence-electron chi connectivity index (χ3n) is 15.3. The molecule has 0 amide bonds. The van der Waals surface area contributed by atoms with E-state index >= 15 is 0 Å². The van der Waals surface area contributed by atoms with E-state index in [-0.39, 0.29) is 51.1 Å². The molecule has 1 saturated heterocycles. The van der Waals surface area contributed by atoms with Gasteiger partial charge in [-0.05, 0) is 103 Å². The number of nitrogens with zero attached hydrogens (tertiary/aromatic N) is 4. The topological polar surface area (TPSA) is 151 Å². The highest BCUT2D eigenvalue weighted by atomic mass is 16.5. The first-order valence-electron chi connectivity index (χ1n) is 18.7. The largest absolute Gasteiger partial charge is 0.481 e. The number of rotatable bonds is 9. The Morgan fingerprint density at radius 3 is 2.44 bits per heavy atom. The summed E-state index contributed by atoms with van der Waals surface area (Å²) >= 11 is 0. The van der Waals surface area contributed by atoms with Crippen molar-refractivity contribution in [2.24, 2.45) is 68.3 Å². The van der Waals surface area contributed by atoms with E-state index in [0.717, 1.165) is 44.9 Å². The Morgan fingerprint density at radius 1 is 1.12 bits per heavy atom. The van der Waals surface area contributed by atoms with Crippen LogP contribution in [0.1, 0.15) is 120 Å². The molecule has 6 rings (SSSR count). The molecule has 48 heavy (non-hydrogen) atoms. The van der Waals surface area contributed by atoms with Gasteiger partial charge in [-0.1, -0.05) is 79.1 Å². The standard InChI is InChI=1S/C38H64N6O4/c1-22(2)17-33(6,40)19-48-30-27(44-42-32(39)41-43-44)18-38-21-47-20-35(30,8)28(38)12-11-25-26(38)13-14-37(10)29(31(45)46)34(7,24(5)23(3)4)15-16-36(25,37)9/h13,22-25,27-30H,11-12,14-21,40H2,1-10H3,(H2,39,42)(H,45,46)/t24-,25+,27-,28+,29-,30+,33-,34-,35-,36-,37+,38+/m1/s1. The maximum absolute atomic E-state index is 13.4.